The molecular formula is C6H2ClF2IN2O4S. The molecule has 0 radical (unpaired) electrons. The zero-order chi connectivity index (χ0) is 13.4. The maximum absolute atomic E-state index is 12.5. The first kappa shape index (κ1) is 14.4. The van der Waals surface area contributed by atoms with Crippen LogP contribution in [0.3, 0.4) is 0 Å². The minimum absolute atomic E-state index is 0.200. The molecule has 0 amide bonds. The Kier molecular flexibility index (Phi) is 4.19. The van der Waals surface area contributed by atoms with Crippen LogP contribution >= 0.6 is 33.3 Å². The second kappa shape index (κ2) is 4.94. The van der Waals surface area contributed by atoms with Crippen LogP contribution < -0.4 is 0 Å². The highest BCUT2D eigenvalue weighted by Gasteiger charge is 2.35. The number of pyridine rings is 1. The number of nitro groups is 1. The molecular weight excluding hydrogens is 396 g/mol. The first-order chi connectivity index (χ1) is 7.66. The van der Waals surface area contributed by atoms with Crippen molar-refractivity contribution in [1.82, 2.24) is 4.98 Å². The van der Waals surface area contributed by atoms with Crippen molar-refractivity contribution in [2.75, 3.05) is 0 Å². The molecule has 0 aliphatic carbocycles. The van der Waals surface area contributed by atoms with Crippen molar-refractivity contribution in [3.63, 3.8) is 0 Å². The molecule has 0 atom stereocenters. The molecule has 0 aliphatic rings. The Bertz CT molecular complexity index is 580. The third-order valence-electron chi connectivity index (χ3n) is 1.62. The van der Waals surface area contributed by atoms with Gasteiger partial charge in [0.25, 0.3) is 15.5 Å². The minimum atomic E-state index is -4.52. The molecule has 1 heterocycles. The predicted octanol–water partition coefficient (Wildman–Crippen LogP) is 2.46. The van der Waals surface area contributed by atoms with Crippen LogP contribution in [0.5, 0.6) is 0 Å². The van der Waals surface area contributed by atoms with Crippen LogP contribution in [-0.4, -0.2) is 18.3 Å². The molecule has 17 heavy (non-hydrogen) atoms. The quantitative estimate of drug-likeness (QED) is 0.338. The molecule has 0 unspecified atom stereocenters. The lowest BCUT2D eigenvalue weighted by molar-refractivity contribution is -0.389. The van der Waals surface area contributed by atoms with E-state index in [4.69, 9.17) is 10.7 Å². The first-order valence-electron chi connectivity index (χ1n) is 3.72. The number of halogens is 4. The van der Waals surface area contributed by atoms with Crippen LogP contribution in [-0.2, 0) is 9.05 Å². The van der Waals surface area contributed by atoms with Crippen LogP contribution in [0.1, 0.15) is 12.1 Å². The van der Waals surface area contributed by atoms with E-state index in [0.29, 0.717) is 0 Å². The lowest BCUT2D eigenvalue weighted by Gasteiger charge is -2.05. The fraction of sp³-hybridized carbons (Fsp3) is 0.167. The summed E-state index contributed by atoms with van der Waals surface area (Å²) in [6.45, 7) is 0. The van der Waals surface area contributed by atoms with E-state index in [1.54, 1.807) is 0 Å². The summed E-state index contributed by atoms with van der Waals surface area (Å²) >= 11 is 1.41. The SMILES string of the molecule is O=[N+]([O-])c1c(C(F)F)ncc(I)c1S(=O)(=O)Cl. The Labute approximate surface area is 112 Å². The average Bonchev–Trinajstić information content (AvgIpc) is 2.14. The smallest absolute Gasteiger partial charge is 0.258 e. The zero-order valence-corrected chi connectivity index (χ0v) is 11.3. The minimum Gasteiger partial charge on any atom is -0.258 e. The van der Waals surface area contributed by atoms with Crippen molar-refractivity contribution < 1.29 is 22.1 Å². The van der Waals surface area contributed by atoms with Crippen molar-refractivity contribution in [1.29, 1.82) is 0 Å². The first-order valence-corrected chi connectivity index (χ1v) is 7.10. The molecule has 94 valence electrons. The number of hydrogen-bond donors (Lipinski definition) is 0. The second-order valence-corrected chi connectivity index (χ2v) is 6.33. The van der Waals surface area contributed by atoms with Gasteiger partial charge in [-0.3, -0.25) is 10.1 Å². The van der Waals surface area contributed by atoms with Crippen molar-refractivity contribution >= 4 is 48.0 Å². The summed E-state index contributed by atoms with van der Waals surface area (Å²) in [7, 11) is 0.465. The van der Waals surface area contributed by atoms with Gasteiger partial charge in [0.15, 0.2) is 10.6 Å². The number of nitrogens with zero attached hydrogens (tertiary/aromatic N) is 2. The van der Waals surface area contributed by atoms with Crippen molar-refractivity contribution in [3.05, 3.63) is 25.6 Å². The largest absolute Gasteiger partial charge is 0.317 e. The lowest BCUT2D eigenvalue weighted by Crippen LogP contribution is -2.07. The fourth-order valence-electron chi connectivity index (χ4n) is 1.04. The zero-order valence-electron chi connectivity index (χ0n) is 7.60. The van der Waals surface area contributed by atoms with Gasteiger partial charge in [0.1, 0.15) is 0 Å². The van der Waals surface area contributed by atoms with Gasteiger partial charge in [-0.1, -0.05) is 0 Å². The van der Waals surface area contributed by atoms with Crippen molar-refractivity contribution in [3.8, 4) is 0 Å². The molecule has 0 saturated carbocycles. The average molecular weight is 399 g/mol. The van der Waals surface area contributed by atoms with Gasteiger partial charge in [0.05, 0.1) is 8.49 Å². The van der Waals surface area contributed by atoms with Crippen LogP contribution in [0.4, 0.5) is 14.5 Å². The Morgan fingerprint density at radius 1 is 1.53 bits per heavy atom. The highest BCUT2D eigenvalue weighted by molar-refractivity contribution is 14.1. The van der Waals surface area contributed by atoms with Gasteiger partial charge in [-0.2, -0.15) is 0 Å². The third kappa shape index (κ3) is 2.98. The number of aromatic nitrogens is 1. The number of alkyl halides is 2. The normalized spacial score (nSPS) is 11.8. The predicted molar refractivity (Wildman–Crippen MR) is 61.6 cm³/mol. The molecule has 0 bridgehead atoms. The number of hydrogen-bond acceptors (Lipinski definition) is 5. The van der Waals surface area contributed by atoms with Gasteiger partial charge in [0.2, 0.25) is 0 Å². The van der Waals surface area contributed by atoms with E-state index in [1.165, 1.54) is 22.6 Å². The summed E-state index contributed by atoms with van der Waals surface area (Å²) in [5.41, 5.74) is -2.52. The molecule has 0 spiro atoms. The molecule has 0 fully saturated rings. The van der Waals surface area contributed by atoms with Gasteiger partial charge >= 0.3 is 5.69 Å². The highest BCUT2D eigenvalue weighted by atomic mass is 127. The number of rotatable bonds is 3. The highest BCUT2D eigenvalue weighted by Crippen LogP contribution is 2.36. The summed E-state index contributed by atoms with van der Waals surface area (Å²) in [4.78, 5) is 11.6. The van der Waals surface area contributed by atoms with Crippen LogP contribution in [0.2, 0.25) is 0 Å². The maximum atomic E-state index is 12.5. The van der Waals surface area contributed by atoms with Gasteiger partial charge in [-0.05, 0) is 22.6 Å². The van der Waals surface area contributed by atoms with Crippen LogP contribution in [0.25, 0.3) is 0 Å². The molecule has 11 heteroatoms. The molecule has 0 N–H and O–H groups in total. The molecule has 0 aromatic carbocycles. The lowest BCUT2D eigenvalue weighted by atomic mass is 10.3. The summed E-state index contributed by atoms with van der Waals surface area (Å²) in [6.07, 6.45) is -2.49. The molecule has 6 nitrogen and oxygen atoms in total. The third-order valence-corrected chi connectivity index (χ3v) is 4.17. The fourth-order valence-corrected chi connectivity index (χ4v) is 3.86. The van der Waals surface area contributed by atoms with E-state index >= 15 is 0 Å². The molecule has 0 saturated heterocycles. The summed E-state index contributed by atoms with van der Waals surface area (Å²) in [6, 6.07) is 0. The molecule has 1 rings (SSSR count). The Morgan fingerprint density at radius 2 is 2.06 bits per heavy atom. The van der Waals surface area contributed by atoms with Crippen molar-refractivity contribution in [2.24, 2.45) is 0 Å². The van der Waals surface area contributed by atoms with E-state index in [1.807, 2.05) is 0 Å². The Balaban J connectivity index is 3.80. The van der Waals surface area contributed by atoms with E-state index in [9.17, 15) is 27.3 Å². The Morgan fingerprint density at radius 3 is 2.41 bits per heavy atom. The molecule has 1 aromatic heterocycles. The molecule has 0 aliphatic heterocycles. The van der Waals surface area contributed by atoms with E-state index < -0.39 is 36.7 Å². The maximum Gasteiger partial charge on any atom is 0.317 e. The topological polar surface area (TPSA) is 90.2 Å². The van der Waals surface area contributed by atoms with Gasteiger partial charge in [-0.15, -0.1) is 0 Å². The van der Waals surface area contributed by atoms with E-state index in [0.717, 1.165) is 6.20 Å². The standard InChI is InChI=1S/C6H2ClF2IN2O4S/c7-17(15,16)5-2(10)1-11-3(6(8)9)4(5)12(13)14/h1,6H. The van der Waals surface area contributed by atoms with Gasteiger partial charge < -0.3 is 0 Å². The molecule has 1 aromatic rings. The van der Waals surface area contributed by atoms with Gasteiger partial charge in [-0.25, -0.2) is 22.2 Å². The van der Waals surface area contributed by atoms with Gasteiger partial charge in [0, 0.05) is 16.9 Å². The summed E-state index contributed by atoms with van der Waals surface area (Å²) < 4.78 is 47.0. The summed E-state index contributed by atoms with van der Waals surface area (Å²) in [5, 5.41) is 10.7. The monoisotopic (exact) mass is 398 g/mol. The summed E-state index contributed by atoms with van der Waals surface area (Å²) in [5.74, 6) is 0. The van der Waals surface area contributed by atoms with Crippen molar-refractivity contribution in [2.45, 2.75) is 11.3 Å². The Hall–Kier alpha value is -0.620. The second-order valence-electron chi connectivity index (χ2n) is 2.66. The van der Waals surface area contributed by atoms with E-state index in [2.05, 4.69) is 4.98 Å². The van der Waals surface area contributed by atoms with Crippen LogP contribution in [0.15, 0.2) is 11.1 Å². The van der Waals surface area contributed by atoms with Crippen LogP contribution in [0, 0.1) is 13.7 Å². The van der Waals surface area contributed by atoms with E-state index in [-0.39, 0.29) is 3.57 Å².